The third kappa shape index (κ3) is 3.99. The van der Waals surface area contributed by atoms with Crippen LogP contribution in [-0.4, -0.2) is 48.1 Å². The van der Waals surface area contributed by atoms with Crippen LogP contribution in [0.1, 0.15) is 36.9 Å². The molecule has 2 amide bonds. The van der Waals surface area contributed by atoms with Crippen molar-refractivity contribution < 1.29 is 23.5 Å². The van der Waals surface area contributed by atoms with E-state index < -0.39 is 6.04 Å². The molecule has 1 N–H and O–H groups in total. The van der Waals surface area contributed by atoms with Crippen LogP contribution in [0, 0.1) is 0 Å². The summed E-state index contributed by atoms with van der Waals surface area (Å²) in [6.45, 7) is 5.00. The van der Waals surface area contributed by atoms with Crippen LogP contribution in [0.25, 0.3) is 17.0 Å². The lowest BCUT2D eigenvalue weighted by Gasteiger charge is -2.35. The molecule has 0 aliphatic carbocycles. The molecule has 5 rings (SSSR count). The van der Waals surface area contributed by atoms with Gasteiger partial charge in [-0.2, -0.15) is 4.98 Å². The van der Waals surface area contributed by atoms with E-state index in [4.69, 9.17) is 18.7 Å². The molecule has 0 spiro atoms. The van der Waals surface area contributed by atoms with E-state index in [1.807, 2.05) is 37.3 Å². The second-order valence-electron chi connectivity index (χ2n) is 8.11. The highest BCUT2D eigenvalue weighted by Crippen LogP contribution is 2.39. The molecule has 2 aromatic carbocycles. The van der Waals surface area contributed by atoms with E-state index in [0.717, 1.165) is 28.8 Å². The fourth-order valence-electron chi connectivity index (χ4n) is 4.19. The van der Waals surface area contributed by atoms with E-state index >= 15 is 0 Å². The highest BCUT2D eigenvalue weighted by Gasteiger charge is 2.35. The highest BCUT2D eigenvalue weighted by atomic mass is 16.7. The van der Waals surface area contributed by atoms with Crippen LogP contribution in [0.4, 0.5) is 4.79 Å². The minimum absolute atomic E-state index is 0.192. The zero-order chi connectivity index (χ0) is 23.7. The van der Waals surface area contributed by atoms with Crippen molar-refractivity contribution in [2.75, 3.05) is 27.1 Å². The van der Waals surface area contributed by atoms with Crippen LogP contribution in [-0.2, 0) is 11.2 Å². The van der Waals surface area contributed by atoms with Gasteiger partial charge in [0.1, 0.15) is 0 Å². The Hall–Kier alpha value is -3.85. The molecule has 9 heteroatoms. The summed E-state index contributed by atoms with van der Waals surface area (Å²) >= 11 is 0. The molecule has 1 aromatic heterocycles. The van der Waals surface area contributed by atoms with Gasteiger partial charge >= 0.3 is 6.03 Å². The van der Waals surface area contributed by atoms with Gasteiger partial charge in [-0.05, 0) is 42.7 Å². The summed E-state index contributed by atoms with van der Waals surface area (Å²) in [6.07, 6.45) is 0.937. The number of urea groups is 1. The first-order valence-electron chi connectivity index (χ1n) is 11.2. The number of hydrogen-bond acceptors (Lipinski definition) is 7. The number of amides is 2. The zero-order valence-electron chi connectivity index (χ0n) is 19.3. The van der Waals surface area contributed by atoms with Crippen molar-refractivity contribution in [1.82, 2.24) is 20.4 Å². The van der Waals surface area contributed by atoms with Crippen LogP contribution in [0.15, 0.2) is 52.7 Å². The number of fused-ring (bicyclic) bond motifs is 1. The van der Waals surface area contributed by atoms with Crippen LogP contribution < -0.4 is 14.8 Å². The number of hydrogen-bond donors (Lipinski definition) is 1. The first-order chi connectivity index (χ1) is 16.6. The first-order valence-corrected chi connectivity index (χ1v) is 11.2. The minimum Gasteiger partial charge on any atom is -0.454 e. The molecule has 2 aliphatic rings. The average Bonchev–Trinajstić information content (AvgIpc) is 3.53. The number of ether oxygens (including phenoxy) is 3. The molecule has 0 saturated heterocycles. The van der Waals surface area contributed by atoms with Crippen molar-refractivity contribution in [3.8, 4) is 22.9 Å². The summed E-state index contributed by atoms with van der Waals surface area (Å²) in [5.41, 5.74) is 4.40. The lowest BCUT2D eigenvalue weighted by atomic mass is 9.93. The third-order valence-electron chi connectivity index (χ3n) is 6.12. The van der Waals surface area contributed by atoms with E-state index in [1.54, 1.807) is 12.0 Å². The van der Waals surface area contributed by atoms with Gasteiger partial charge in [0.15, 0.2) is 11.5 Å². The fraction of sp³-hybridized carbons (Fsp3) is 0.320. The number of methoxy groups -OCH3 is 1. The second kappa shape index (κ2) is 9.18. The number of rotatable bonds is 7. The van der Waals surface area contributed by atoms with Crippen molar-refractivity contribution in [3.05, 3.63) is 65.2 Å². The Morgan fingerprint density at radius 3 is 2.71 bits per heavy atom. The van der Waals surface area contributed by atoms with Crippen LogP contribution >= 0.6 is 0 Å². The Kier molecular flexibility index (Phi) is 5.93. The highest BCUT2D eigenvalue weighted by molar-refractivity contribution is 5.87. The Bertz CT molecular complexity index is 1230. The largest absolute Gasteiger partial charge is 0.454 e. The van der Waals surface area contributed by atoms with Gasteiger partial charge < -0.3 is 24.1 Å². The second-order valence-corrected chi connectivity index (χ2v) is 8.11. The monoisotopic (exact) mass is 462 g/mol. The Labute approximate surface area is 197 Å². The van der Waals surface area contributed by atoms with E-state index in [-0.39, 0.29) is 12.8 Å². The molecule has 3 heterocycles. The Morgan fingerprint density at radius 2 is 1.94 bits per heavy atom. The quantitative estimate of drug-likeness (QED) is 0.563. The van der Waals surface area contributed by atoms with Gasteiger partial charge in [-0.15, -0.1) is 0 Å². The van der Waals surface area contributed by atoms with Crippen LogP contribution in [0.2, 0.25) is 0 Å². The molecule has 3 aromatic rings. The average molecular weight is 463 g/mol. The number of carbonyl (C=O) groups is 1. The molecule has 0 saturated carbocycles. The molecule has 0 fully saturated rings. The van der Waals surface area contributed by atoms with Gasteiger partial charge in [-0.25, -0.2) is 4.79 Å². The predicted molar refractivity (Wildman–Crippen MR) is 124 cm³/mol. The summed E-state index contributed by atoms with van der Waals surface area (Å²) in [4.78, 5) is 19.3. The normalized spacial score (nSPS) is 17.3. The number of nitrogens with one attached hydrogen (secondary N) is 1. The maximum Gasteiger partial charge on any atom is 0.322 e. The summed E-state index contributed by atoms with van der Waals surface area (Å²) in [6, 6.07) is 13.1. The smallest absolute Gasteiger partial charge is 0.322 e. The van der Waals surface area contributed by atoms with Crippen LogP contribution in [0.3, 0.4) is 0 Å². The van der Waals surface area contributed by atoms with Gasteiger partial charge in [-0.3, -0.25) is 4.90 Å². The molecule has 2 aliphatic heterocycles. The van der Waals surface area contributed by atoms with Gasteiger partial charge in [0.2, 0.25) is 12.6 Å². The number of benzene rings is 2. The van der Waals surface area contributed by atoms with E-state index in [9.17, 15) is 4.79 Å². The topological polar surface area (TPSA) is 99.0 Å². The molecule has 9 nitrogen and oxygen atoms in total. The maximum atomic E-state index is 13.0. The SMILES string of the molecule is CCc1ccc(C2NC(=O)N(CCOC)C(C)=C2c2nc(-c3ccc4c(c3)OCO4)no2)cc1. The molecule has 0 bridgehead atoms. The number of carbonyl (C=O) groups excluding carboxylic acids is 1. The summed E-state index contributed by atoms with van der Waals surface area (Å²) in [5, 5.41) is 7.31. The lowest BCUT2D eigenvalue weighted by Crippen LogP contribution is -2.47. The summed E-state index contributed by atoms with van der Waals surface area (Å²) < 4.78 is 21.8. The van der Waals surface area contributed by atoms with Crippen molar-refractivity contribution in [3.63, 3.8) is 0 Å². The molecule has 0 radical (unpaired) electrons. The van der Waals surface area contributed by atoms with Crippen molar-refractivity contribution >= 4 is 11.6 Å². The third-order valence-corrected chi connectivity index (χ3v) is 6.12. The molecule has 1 atom stereocenters. The molecule has 34 heavy (non-hydrogen) atoms. The van der Waals surface area contributed by atoms with Gasteiger partial charge in [-0.1, -0.05) is 36.3 Å². The van der Waals surface area contributed by atoms with Crippen molar-refractivity contribution in [2.24, 2.45) is 0 Å². The summed E-state index contributed by atoms with van der Waals surface area (Å²) in [5.74, 6) is 2.10. The zero-order valence-corrected chi connectivity index (χ0v) is 19.3. The Morgan fingerprint density at radius 1 is 1.15 bits per heavy atom. The molecular weight excluding hydrogens is 436 g/mol. The van der Waals surface area contributed by atoms with Crippen molar-refractivity contribution in [2.45, 2.75) is 26.3 Å². The van der Waals surface area contributed by atoms with Crippen molar-refractivity contribution in [1.29, 1.82) is 0 Å². The lowest BCUT2D eigenvalue weighted by molar-refractivity contribution is 0.158. The fourth-order valence-corrected chi connectivity index (χ4v) is 4.19. The van der Waals surface area contributed by atoms with Gasteiger partial charge in [0.05, 0.1) is 24.8 Å². The summed E-state index contributed by atoms with van der Waals surface area (Å²) in [7, 11) is 1.61. The number of aromatic nitrogens is 2. The first kappa shape index (κ1) is 22.0. The predicted octanol–water partition coefficient (Wildman–Crippen LogP) is 4.17. The van der Waals surface area contributed by atoms with E-state index in [0.29, 0.717) is 36.4 Å². The standard InChI is InChI=1S/C25H26N4O5/c1-4-16-5-7-17(8-6-16)22-21(15(2)29(11-12-31-3)25(30)26-22)24-27-23(28-34-24)18-9-10-19-20(13-18)33-14-32-19/h5-10,13,22H,4,11-12,14H2,1-3H3,(H,26,30). The van der Waals surface area contributed by atoms with Crippen LogP contribution in [0.5, 0.6) is 11.5 Å². The van der Waals surface area contributed by atoms with E-state index in [2.05, 4.69) is 34.5 Å². The maximum absolute atomic E-state index is 13.0. The number of nitrogens with zero attached hydrogens (tertiary/aromatic N) is 3. The minimum atomic E-state index is -0.428. The van der Waals surface area contributed by atoms with Gasteiger partial charge in [0.25, 0.3) is 5.89 Å². The molecule has 176 valence electrons. The molecular formula is C25H26N4O5. The number of aryl methyl sites for hydroxylation is 1. The molecule has 1 unspecified atom stereocenters. The van der Waals surface area contributed by atoms with E-state index in [1.165, 1.54) is 5.56 Å². The van der Waals surface area contributed by atoms with Gasteiger partial charge in [0, 0.05) is 18.4 Å². The number of allylic oxidation sites excluding steroid dienone is 1. The Balaban J connectivity index is 1.55.